The van der Waals surface area contributed by atoms with Crippen LogP contribution < -0.4 is 0 Å². The van der Waals surface area contributed by atoms with Crippen LogP contribution in [0.4, 0.5) is 0 Å². The normalized spacial score (nSPS) is 13.1. The van der Waals surface area contributed by atoms with E-state index < -0.39 is 0 Å². The summed E-state index contributed by atoms with van der Waals surface area (Å²) < 4.78 is 3.03. The lowest BCUT2D eigenvalue weighted by Crippen LogP contribution is -2.12. The summed E-state index contributed by atoms with van der Waals surface area (Å²) in [5.74, 6) is 0. The molecule has 0 aliphatic rings. The second-order valence-corrected chi connectivity index (χ2v) is 11.8. The van der Waals surface area contributed by atoms with E-state index in [0.29, 0.717) is 0 Å². The van der Waals surface area contributed by atoms with Gasteiger partial charge in [-0.05, 0) is 64.6 Å². The first-order valence-electron chi connectivity index (χ1n) is 10.7. The van der Waals surface area contributed by atoms with Crippen molar-refractivity contribution in [2.75, 3.05) is 0 Å². The van der Waals surface area contributed by atoms with E-state index in [1.807, 2.05) is 11.3 Å². The van der Waals surface area contributed by atoms with E-state index in [2.05, 4.69) is 78.0 Å². The average Bonchev–Trinajstić information content (AvgIpc) is 3.21. The van der Waals surface area contributed by atoms with Gasteiger partial charge < -0.3 is 0 Å². The first-order valence-corrected chi connectivity index (χ1v) is 12.3. The zero-order valence-electron chi connectivity index (χ0n) is 18.3. The third-order valence-electron chi connectivity index (χ3n) is 5.98. The van der Waals surface area contributed by atoms with Crippen molar-refractivity contribution in [1.29, 1.82) is 0 Å². The van der Waals surface area contributed by atoms with Crippen molar-refractivity contribution in [1.82, 2.24) is 0 Å². The monoisotopic (exact) mass is 400 g/mol. The maximum absolute atomic E-state index is 2.50. The summed E-state index contributed by atoms with van der Waals surface area (Å²) in [4.78, 5) is 3.06. The summed E-state index contributed by atoms with van der Waals surface area (Å²) in [6, 6.07) is 7.44. The van der Waals surface area contributed by atoms with Gasteiger partial charge in [0.2, 0.25) is 0 Å². The molecule has 2 heterocycles. The summed E-state index contributed by atoms with van der Waals surface area (Å²) in [7, 11) is 0. The third kappa shape index (κ3) is 4.27. The Hall–Kier alpha value is -0.860. The molecule has 27 heavy (non-hydrogen) atoms. The van der Waals surface area contributed by atoms with Gasteiger partial charge in [-0.3, -0.25) is 0 Å². The molecule has 148 valence electrons. The Morgan fingerprint density at radius 2 is 1.56 bits per heavy atom. The van der Waals surface area contributed by atoms with E-state index in [1.165, 1.54) is 58.9 Å². The van der Waals surface area contributed by atoms with Crippen LogP contribution in [0.3, 0.4) is 0 Å². The zero-order valence-corrected chi connectivity index (χ0v) is 19.9. The van der Waals surface area contributed by atoms with Crippen LogP contribution in [0.5, 0.6) is 0 Å². The van der Waals surface area contributed by atoms with E-state index in [4.69, 9.17) is 0 Å². The lowest BCUT2D eigenvalue weighted by Gasteiger charge is -2.20. The molecule has 0 aliphatic carbocycles. The van der Waals surface area contributed by atoms with Crippen molar-refractivity contribution in [3.63, 3.8) is 0 Å². The smallest absolute Gasteiger partial charge is 0.0384 e. The van der Waals surface area contributed by atoms with Crippen LogP contribution in [0, 0.1) is 0 Å². The fourth-order valence-corrected chi connectivity index (χ4v) is 6.21. The Morgan fingerprint density at radius 1 is 0.815 bits per heavy atom. The molecule has 0 spiro atoms. The molecule has 0 aliphatic heterocycles. The van der Waals surface area contributed by atoms with Gasteiger partial charge in [-0.25, -0.2) is 0 Å². The highest BCUT2D eigenvalue weighted by atomic mass is 32.1. The zero-order chi connectivity index (χ0) is 19.8. The lowest BCUT2D eigenvalue weighted by molar-refractivity contribution is 0.517. The van der Waals surface area contributed by atoms with E-state index >= 15 is 0 Å². The van der Waals surface area contributed by atoms with Gasteiger partial charge in [-0.1, -0.05) is 67.7 Å². The number of hydrogen-bond acceptors (Lipinski definition) is 2. The second-order valence-electron chi connectivity index (χ2n) is 9.70. The highest BCUT2D eigenvalue weighted by Crippen LogP contribution is 2.44. The number of aryl methyl sites for hydroxylation is 1. The molecule has 0 atom stereocenters. The number of fused-ring (bicyclic) bond motifs is 2. The largest absolute Gasteiger partial charge is 0.140 e. The van der Waals surface area contributed by atoms with Gasteiger partial charge in [0.25, 0.3) is 0 Å². The van der Waals surface area contributed by atoms with Gasteiger partial charge in [0.15, 0.2) is 0 Å². The Morgan fingerprint density at radius 3 is 2.19 bits per heavy atom. The van der Waals surface area contributed by atoms with Gasteiger partial charge >= 0.3 is 0 Å². The maximum Gasteiger partial charge on any atom is 0.0384 e. The molecule has 1 aromatic carbocycles. The van der Waals surface area contributed by atoms with Crippen molar-refractivity contribution in [2.45, 2.75) is 97.8 Å². The first-order chi connectivity index (χ1) is 12.7. The Labute approximate surface area is 174 Å². The molecule has 3 aromatic rings. The number of rotatable bonds is 7. The van der Waals surface area contributed by atoms with Gasteiger partial charge in [-0.15, -0.1) is 22.7 Å². The summed E-state index contributed by atoms with van der Waals surface area (Å²) >= 11 is 4.06. The maximum atomic E-state index is 2.50. The standard InChI is InChI=1S/C25H36S2/c1-8-10-11-12-13-18-19-16-21(24(3,4)5)26-20(19)14-17-15-22(27-23(17)18)25(6,7)9-2/h14-16H,8-13H2,1-7H3. The minimum absolute atomic E-state index is 0.228. The summed E-state index contributed by atoms with van der Waals surface area (Å²) in [5, 5.41) is 2.99. The molecule has 0 fully saturated rings. The van der Waals surface area contributed by atoms with Gasteiger partial charge in [0.1, 0.15) is 0 Å². The molecule has 0 nitrogen and oxygen atoms in total. The van der Waals surface area contributed by atoms with Crippen LogP contribution in [0.1, 0.15) is 95.9 Å². The number of unbranched alkanes of at least 4 members (excludes halogenated alkanes) is 3. The van der Waals surface area contributed by atoms with E-state index in [0.717, 1.165) is 0 Å². The predicted octanol–water partition coefficient (Wildman–Crippen LogP) is 9.22. The molecule has 0 bridgehead atoms. The van der Waals surface area contributed by atoms with Crippen LogP contribution in [-0.2, 0) is 17.3 Å². The lowest BCUT2D eigenvalue weighted by atomic mass is 9.88. The van der Waals surface area contributed by atoms with Crippen molar-refractivity contribution in [2.24, 2.45) is 0 Å². The highest BCUT2D eigenvalue weighted by molar-refractivity contribution is 7.21. The molecule has 0 amide bonds. The molecule has 0 unspecified atom stereocenters. The average molecular weight is 401 g/mol. The topological polar surface area (TPSA) is 0 Å². The molecule has 0 radical (unpaired) electrons. The van der Waals surface area contributed by atoms with Crippen LogP contribution in [0.2, 0.25) is 0 Å². The molecular weight excluding hydrogens is 364 g/mol. The second kappa shape index (κ2) is 7.87. The minimum Gasteiger partial charge on any atom is -0.140 e. The molecular formula is C25H36S2. The van der Waals surface area contributed by atoms with Crippen LogP contribution in [0.15, 0.2) is 18.2 Å². The molecule has 2 heteroatoms. The summed E-state index contributed by atoms with van der Waals surface area (Å²) in [5.41, 5.74) is 2.12. The Kier molecular flexibility index (Phi) is 6.08. The van der Waals surface area contributed by atoms with Crippen molar-refractivity contribution >= 4 is 42.8 Å². The quantitative estimate of drug-likeness (QED) is 0.347. The Bertz CT molecular complexity index is 915. The van der Waals surface area contributed by atoms with E-state index in [1.54, 1.807) is 15.1 Å². The SMILES string of the molecule is CCCCCCc1c2cc(C(C)(C)C)sc2cc2cc(C(C)(C)CC)sc12. The molecule has 0 N–H and O–H groups in total. The predicted molar refractivity (Wildman–Crippen MR) is 127 cm³/mol. The van der Waals surface area contributed by atoms with E-state index in [-0.39, 0.29) is 10.8 Å². The third-order valence-corrected chi connectivity index (χ3v) is 9.06. The van der Waals surface area contributed by atoms with Gasteiger partial charge in [-0.2, -0.15) is 0 Å². The summed E-state index contributed by atoms with van der Waals surface area (Å²) in [6.45, 7) is 16.4. The molecule has 3 rings (SSSR count). The van der Waals surface area contributed by atoms with E-state index in [9.17, 15) is 0 Å². The molecule has 0 saturated carbocycles. The highest BCUT2D eigenvalue weighted by Gasteiger charge is 2.24. The minimum atomic E-state index is 0.228. The van der Waals surface area contributed by atoms with Crippen molar-refractivity contribution in [3.8, 4) is 0 Å². The Balaban J connectivity index is 2.15. The molecule has 2 aromatic heterocycles. The van der Waals surface area contributed by atoms with Gasteiger partial charge in [0.05, 0.1) is 0 Å². The van der Waals surface area contributed by atoms with Crippen molar-refractivity contribution < 1.29 is 0 Å². The number of thiophene rings is 2. The van der Waals surface area contributed by atoms with Crippen LogP contribution in [-0.4, -0.2) is 0 Å². The fourth-order valence-electron chi connectivity index (χ4n) is 3.61. The van der Waals surface area contributed by atoms with Crippen molar-refractivity contribution in [3.05, 3.63) is 33.5 Å². The number of benzene rings is 1. The fraction of sp³-hybridized carbons (Fsp3) is 0.600. The number of hydrogen-bond donors (Lipinski definition) is 0. The van der Waals surface area contributed by atoms with Crippen LogP contribution >= 0.6 is 22.7 Å². The first kappa shape index (κ1) is 20.9. The van der Waals surface area contributed by atoms with Gasteiger partial charge in [0, 0.05) is 19.2 Å². The summed E-state index contributed by atoms with van der Waals surface area (Å²) in [6.07, 6.45) is 7.74. The van der Waals surface area contributed by atoms with Crippen LogP contribution in [0.25, 0.3) is 20.2 Å². The molecule has 0 saturated heterocycles.